The number of rotatable bonds is 1. The predicted octanol–water partition coefficient (Wildman–Crippen LogP) is 3.78. The lowest BCUT2D eigenvalue weighted by atomic mass is 10.2. The number of fused-ring (bicyclic) bond motifs is 2. The van der Waals surface area contributed by atoms with E-state index in [1.165, 1.54) is 5.39 Å². The second kappa shape index (κ2) is 3.92. The van der Waals surface area contributed by atoms with E-state index in [-0.39, 0.29) is 0 Å². The number of H-pyrrole nitrogens is 1. The molecular formula is C16H11N3. The first-order valence-electron chi connectivity index (χ1n) is 6.20. The molecule has 0 amide bonds. The minimum absolute atomic E-state index is 0.915. The van der Waals surface area contributed by atoms with Crippen LogP contribution in [0.4, 0.5) is 0 Å². The Morgan fingerprint density at radius 1 is 0.842 bits per heavy atom. The molecule has 4 aromatic rings. The SMILES string of the molecule is c1ccc2[nH]c(-c3ccc4ncccc4n3)cc2c1. The number of aromatic nitrogens is 3. The number of benzene rings is 1. The average Bonchev–Trinajstić information content (AvgIpc) is 2.90. The second-order valence-electron chi connectivity index (χ2n) is 4.51. The molecule has 0 spiro atoms. The third-order valence-electron chi connectivity index (χ3n) is 3.26. The summed E-state index contributed by atoms with van der Waals surface area (Å²) < 4.78 is 0. The van der Waals surface area contributed by atoms with Gasteiger partial charge in [0.25, 0.3) is 0 Å². The number of nitrogens with zero attached hydrogens (tertiary/aromatic N) is 2. The zero-order valence-corrected chi connectivity index (χ0v) is 10.2. The highest BCUT2D eigenvalue weighted by Gasteiger charge is 2.05. The minimum atomic E-state index is 0.915. The van der Waals surface area contributed by atoms with E-state index in [1.807, 2.05) is 36.4 Å². The number of hydrogen-bond donors (Lipinski definition) is 1. The van der Waals surface area contributed by atoms with Crippen LogP contribution in [0.25, 0.3) is 33.3 Å². The van der Waals surface area contributed by atoms with Gasteiger partial charge in [-0.25, -0.2) is 4.98 Å². The van der Waals surface area contributed by atoms with Gasteiger partial charge in [0.1, 0.15) is 0 Å². The first kappa shape index (κ1) is 10.3. The third-order valence-corrected chi connectivity index (χ3v) is 3.26. The third kappa shape index (κ3) is 1.67. The summed E-state index contributed by atoms with van der Waals surface area (Å²) >= 11 is 0. The Morgan fingerprint density at radius 3 is 2.74 bits per heavy atom. The van der Waals surface area contributed by atoms with Crippen LogP contribution in [0.3, 0.4) is 0 Å². The second-order valence-corrected chi connectivity index (χ2v) is 4.51. The Balaban J connectivity index is 1.93. The molecule has 0 radical (unpaired) electrons. The van der Waals surface area contributed by atoms with Gasteiger partial charge in [0.05, 0.1) is 22.4 Å². The van der Waals surface area contributed by atoms with Gasteiger partial charge in [-0.05, 0) is 36.4 Å². The van der Waals surface area contributed by atoms with E-state index in [4.69, 9.17) is 0 Å². The lowest BCUT2D eigenvalue weighted by Crippen LogP contribution is -1.86. The molecule has 1 aromatic carbocycles. The summed E-state index contributed by atoms with van der Waals surface area (Å²) in [5.41, 5.74) is 4.94. The molecule has 90 valence electrons. The zero-order chi connectivity index (χ0) is 12.7. The highest BCUT2D eigenvalue weighted by molar-refractivity contribution is 5.86. The molecular weight excluding hydrogens is 234 g/mol. The number of hydrogen-bond acceptors (Lipinski definition) is 2. The van der Waals surface area contributed by atoms with Crippen LogP contribution >= 0.6 is 0 Å². The standard InChI is InChI=1S/C16H11N3/c1-2-5-12-11(4-1)10-16(18-12)15-8-7-13-14(19-15)6-3-9-17-13/h1-10,18H. The van der Waals surface area contributed by atoms with Crippen molar-refractivity contribution in [1.82, 2.24) is 15.0 Å². The van der Waals surface area contributed by atoms with Crippen LogP contribution in [0, 0.1) is 0 Å². The average molecular weight is 245 g/mol. The maximum atomic E-state index is 4.65. The number of para-hydroxylation sites is 1. The van der Waals surface area contributed by atoms with Crippen LogP contribution in [0.2, 0.25) is 0 Å². The van der Waals surface area contributed by atoms with Crippen LogP contribution < -0.4 is 0 Å². The van der Waals surface area contributed by atoms with Gasteiger partial charge in [-0.15, -0.1) is 0 Å². The van der Waals surface area contributed by atoms with Gasteiger partial charge in [0, 0.05) is 17.1 Å². The molecule has 0 aliphatic rings. The Hall–Kier alpha value is -2.68. The van der Waals surface area contributed by atoms with Crippen molar-refractivity contribution in [2.45, 2.75) is 0 Å². The molecule has 4 rings (SSSR count). The maximum absolute atomic E-state index is 4.65. The van der Waals surface area contributed by atoms with E-state index < -0.39 is 0 Å². The summed E-state index contributed by atoms with van der Waals surface area (Å²) in [6, 6.07) is 18.2. The Kier molecular flexibility index (Phi) is 2.12. The molecule has 0 atom stereocenters. The van der Waals surface area contributed by atoms with Crippen LogP contribution in [-0.2, 0) is 0 Å². The van der Waals surface area contributed by atoms with E-state index in [1.54, 1.807) is 6.20 Å². The molecule has 0 fully saturated rings. The molecule has 0 aliphatic carbocycles. The van der Waals surface area contributed by atoms with E-state index in [0.717, 1.165) is 27.9 Å². The molecule has 0 bridgehead atoms. The van der Waals surface area contributed by atoms with E-state index in [0.29, 0.717) is 0 Å². The summed E-state index contributed by atoms with van der Waals surface area (Å²) in [5, 5.41) is 1.20. The Labute approximate surface area is 110 Å². The molecule has 0 aliphatic heterocycles. The fraction of sp³-hybridized carbons (Fsp3) is 0. The van der Waals surface area contributed by atoms with Crippen molar-refractivity contribution >= 4 is 21.9 Å². The lowest BCUT2D eigenvalue weighted by Gasteiger charge is -1.99. The molecule has 0 saturated heterocycles. The number of nitrogens with one attached hydrogen (secondary N) is 1. The van der Waals surface area contributed by atoms with Crippen LogP contribution in [0.5, 0.6) is 0 Å². The van der Waals surface area contributed by atoms with Crippen molar-refractivity contribution < 1.29 is 0 Å². The molecule has 19 heavy (non-hydrogen) atoms. The predicted molar refractivity (Wildman–Crippen MR) is 76.8 cm³/mol. The summed E-state index contributed by atoms with van der Waals surface area (Å²) in [7, 11) is 0. The number of aromatic amines is 1. The zero-order valence-electron chi connectivity index (χ0n) is 10.2. The fourth-order valence-corrected chi connectivity index (χ4v) is 2.32. The first-order valence-corrected chi connectivity index (χ1v) is 6.20. The maximum Gasteiger partial charge on any atom is 0.0894 e. The van der Waals surface area contributed by atoms with Gasteiger partial charge in [0.15, 0.2) is 0 Å². The van der Waals surface area contributed by atoms with Crippen molar-refractivity contribution in [3.63, 3.8) is 0 Å². The quantitative estimate of drug-likeness (QED) is 0.554. The van der Waals surface area contributed by atoms with Gasteiger partial charge in [0.2, 0.25) is 0 Å². The highest BCUT2D eigenvalue weighted by atomic mass is 14.8. The van der Waals surface area contributed by atoms with E-state index >= 15 is 0 Å². The normalized spacial score (nSPS) is 11.2. The van der Waals surface area contributed by atoms with Gasteiger partial charge >= 0.3 is 0 Å². The summed E-state index contributed by atoms with van der Waals surface area (Å²) in [5.74, 6) is 0. The highest BCUT2D eigenvalue weighted by Crippen LogP contribution is 2.23. The molecule has 3 heteroatoms. The van der Waals surface area contributed by atoms with Crippen LogP contribution in [0.1, 0.15) is 0 Å². The largest absolute Gasteiger partial charge is 0.353 e. The molecule has 3 nitrogen and oxygen atoms in total. The molecule has 3 aromatic heterocycles. The smallest absolute Gasteiger partial charge is 0.0894 e. The summed E-state index contributed by atoms with van der Waals surface area (Å²) in [4.78, 5) is 12.3. The molecule has 0 saturated carbocycles. The van der Waals surface area contributed by atoms with Gasteiger partial charge in [-0.2, -0.15) is 0 Å². The van der Waals surface area contributed by atoms with Crippen molar-refractivity contribution in [1.29, 1.82) is 0 Å². The molecule has 3 heterocycles. The van der Waals surface area contributed by atoms with E-state index in [9.17, 15) is 0 Å². The van der Waals surface area contributed by atoms with Crippen LogP contribution in [-0.4, -0.2) is 15.0 Å². The van der Waals surface area contributed by atoms with Crippen molar-refractivity contribution in [3.05, 3.63) is 60.8 Å². The van der Waals surface area contributed by atoms with Gasteiger partial charge < -0.3 is 4.98 Å². The number of pyridine rings is 2. The monoisotopic (exact) mass is 245 g/mol. The summed E-state index contributed by atoms with van der Waals surface area (Å²) in [6.45, 7) is 0. The Morgan fingerprint density at radius 2 is 1.79 bits per heavy atom. The Bertz CT molecular complexity index is 844. The van der Waals surface area contributed by atoms with Gasteiger partial charge in [-0.1, -0.05) is 18.2 Å². The van der Waals surface area contributed by atoms with Gasteiger partial charge in [-0.3, -0.25) is 4.98 Å². The lowest BCUT2D eigenvalue weighted by molar-refractivity contribution is 1.31. The van der Waals surface area contributed by atoms with Crippen molar-refractivity contribution in [2.24, 2.45) is 0 Å². The van der Waals surface area contributed by atoms with Crippen molar-refractivity contribution in [2.75, 3.05) is 0 Å². The van der Waals surface area contributed by atoms with Crippen molar-refractivity contribution in [3.8, 4) is 11.4 Å². The topological polar surface area (TPSA) is 41.6 Å². The summed E-state index contributed by atoms with van der Waals surface area (Å²) in [6.07, 6.45) is 1.78. The fourth-order valence-electron chi connectivity index (χ4n) is 2.32. The van der Waals surface area contributed by atoms with Crippen LogP contribution in [0.15, 0.2) is 60.8 Å². The first-order chi connectivity index (χ1) is 9.40. The minimum Gasteiger partial charge on any atom is -0.353 e. The molecule has 1 N–H and O–H groups in total. The van der Waals surface area contributed by atoms with E-state index in [2.05, 4.69) is 33.2 Å². The molecule has 0 unspecified atom stereocenters.